The summed E-state index contributed by atoms with van der Waals surface area (Å²) in [6, 6.07) is -7.30. The Morgan fingerprint density at radius 3 is 2.62 bits per heavy atom. The highest BCUT2D eigenvalue weighted by atomic mass is 19.3. The van der Waals surface area contributed by atoms with E-state index in [1.165, 1.54) is 13.8 Å². The molecule has 1 atom stereocenters. The van der Waals surface area contributed by atoms with Crippen LogP contribution in [0.5, 0.6) is 11.5 Å². The van der Waals surface area contributed by atoms with E-state index in [1.807, 2.05) is 0 Å². The highest BCUT2D eigenvalue weighted by Gasteiger charge is 2.52. The molecule has 0 spiro atoms. The van der Waals surface area contributed by atoms with Crippen molar-refractivity contribution in [2.75, 3.05) is 6.61 Å². The molecule has 1 aliphatic carbocycles. The van der Waals surface area contributed by atoms with Crippen molar-refractivity contribution in [3.63, 3.8) is 0 Å². The lowest BCUT2D eigenvalue weighted by atomic mass is 9.86. The Morgan fingerprint density at radius 2 is 1.97 bits per heavy atom. The molecule has 2 aliphatic rings. The number of hydrogen-bond acceptors (Lipinski definition) is 5. The SMILES string of the molecule is [2H]c1c([2H])c(C2(C(=O)Cc3c(F)c([2H])c4c(c3[2H])c([2H])c(C(C)(C)C([2H])([2H])C)n4C([2H])([2H])[C@]([2H])(O)CO)C([2H])([2H])C2([2H])[2H])c([2H])c2c1OC(F)(F)O2. The van der Waals surface area contributed by atoms with E-state index in [0.29, 0.717) is 0 Å². The molecule has 5 rings (SSSR count). The molecule has 2 aromatic carbocycles. The molecule has 1 aliphatic heterocycles. The summed E-state index contributed by atoms with van der Waals surface area (Å²) in [7, 11) is 0. The summed E-state index contributed by atoms with van der Waals surface area (Å²) in [6.45, 7) is -1.80. The van der Waals surface area contributed by atoms with Gasteiger partial charge in [-0.05, 0) is 60.5 Å². The molecule has 198 valence electrons. The first kappa shape index (κ1) is 13.2. The van der Waals surface area contributed by atoms with Crippen molar-refractivity contribution in [2.24, 2.45) is 0 Å². The van der Waals surface area contributed by atoms with Gasteiger partial charge in [0, 0.05) is 31.1 Å². The Bertz CT molecular complexity index is 2060. The Labute approximate surface area is 233 Å². The van der Waals surface area contributed by atoms with Crippen LogP contribution in [0.25, 0.3) is 10.9 Å². The number of rotatable bonds is 9. The average Bonchev–Trinajstić information content (AvgIpc) is 3.31. The number of hydrogen-bond donors (Lipinski definition) is 2. The van der Waals surface area contributed by atoms with E-state index in [2.05, 4.69) is 9.47 Å². The Morgan fingerprint density at radius 1 is 1.27 bits per heavy atom. The lowest BCUT2D eigenvalue weighted by Gasteiger charge is -2.26. The van der Waals surface area contributed by atoms with E-state index in [1.54, 1.807) is 0 Å². The van der Waals surface area contributed by atoms with Crippen LogP contribution in [0.4, 0.5) is 13.2 Å². The highest BCUT2D eigenvalue weighted by molar-refractivity contribution is 5.95. The summed E-state index contributed by atoms with van der Waals surface area (Å²) >= 11 is 0. The van der Waals surface area contributed by atoms with E-state index >= 15 is 4.39 Å². The van der Waals surface area contributed by atoms with E-state index in [-0.39, 0.29) is 4.57 Å². The zero-order chi connectivity index (χ0) is 40.1. The molecule has 3 aromatic rings. The van der Waals surface area contributed by atoms with E-state index in [4.69, 9.17) is 20.6 Å². The van der Waals surface area contributed by atoms with Crippen LogP contribution in [0.2, 0.25) is 0 Å². The molecule has 0 saturated heterocycles. The van der Waals surface area contributed by atoms with Crippen molar-refractivity contribution in [3.05, 3.63) is 58.9 Å². The maximum Gasteiger partial charge on any atom is 0.586 e. The number of ether oxygens (including phenoxy) is 2. The van der Waals surface area contributed by atoms with Gasteiger partial charge in [-0.3, -0.25) is 4.79 Å². The molecular weight excluding hydrogens is 487 g/mol. The number of carbonyl (C=O) groups is 1. The fourth-order valence-electron chi connectivity index (χ4n) is 3.73. The number of fused-ring (bicyclic) bond motifs is 2. The minimum atomic E-state index is -4.46. The summed E-state index contributed by atoms with van der Waals surface area (Å²) < 4.78 is 180. The summed E-state index contributed by atoms with van der Waals surface area (Å²) in [6.07, 6.45) is -18.6. The van der Waals surface area contributed by atoms with Gasteiger partial charge in [-0.15, -0.1) is 8.78 Å². The summed E-state index contributed by atoms with van der Waals surface area (Å²) in [5.74, 6) is -5.85. The van der Waals surface area contributed by atoms with Crippen LogP contribution in [0.1, 0.15) is 77.3 Å². The van der Waals surface area contributed by atoms with E-state index in [9.17, 15) is 23.8 Å². The van der Waals surface area contributed by atoms with Gasteiger partial charge in [-0.2, -0.15) is 0 Å². The van der Waals surface area contributed by atoms with Crippen LogP contribution in [0, 0.1) is 5.82 Å². The van der Waals surface area contributed by atoms with Gasteiger partial charge in [-0.1, -0.05) is 26.8 Å². The number of alkyl halides is 2. The minimum Gasteiger partial charge on any atom is -0.395 e. The molecule has 6 nitrogen and oxygen atoms in total. The van der Waals surface area contributed by atoms with Crippen molar-refractivity contribution in [3.8, 4) is 11.5 Å². The quantitative estimate of drug-likeness (QED) is 0.406. The number of halogens is 3. The topological polar surface area (TPSA) is 80.9 Å². The van der Waals surface area contributed by atoms with Crippen molar-refractivity contribution >= 4 is 16.7 Å². The number of aliphatic hydroxyl groups is 2. The first-order valence-corrected chi connectivity index (χ1v) is 10.9. The van der Waals surface area contributed by atoms with Crippen LogP contribution in [-0.2, 0) is 28.5 Å². The third-order valence-electron chi connectivity index (χ3n) is 6.00. The third kappa shape index (κ3) is 4.48. The molecular formula is C28H30F3NO5. The van der Waals surface area contributed by atoms with Gasteiger partial charge in [0.1, 0.15) is 11.6 Å². The first-order chi connectivity index (χ1) is 23.3. The fourth-order valence-corrected chi connectivity index (χ4v) is 3.73. The second kappa shape index (κ2) is 8.77. The predicted octanol–water partition coefficient (Wildman–Crippen LogP) is 4.99. The molecule has 0 amide bonds. The van der Waals surface area contributed by atoms with Crippen LogP contribution in [-0.4, -0.2) is 39.5 Å². The maximum absolute atomic E-state index is 16.4. The number of aromatic nitrogens is 1. The molecule has 1 aromatic heterocycles. The summed E-state index contributed by atoms with van der Waals surface area (Å²) in [5.41, 5.74) is -9.34. The monoisotopic (exact) mass is 532 g/mol. The number of aliphatic hydroxyl groups excluding tert-OH is 1. The highest BCUT2D eigenvalue weighted by Crippen LogP contribution is 2.52. The zero-order valence-corrected chi connectivity index (χ0v) is 19.6. The largest absolute Gasteiger partial charge is 0.586 e. The number of nitrogens with zero attached hydrogens (tertiary/aromatic N) is 1. The zero-order valence-electron chi connectivity index (χ0n) is 34.6. The van der Waals surface area contributed by atoms with Gasteiger partial charge in [0.15, 0.2) is 11.5 Å². The minimum absolute atomic E-state index is 0.251. The van der Waals surface area contributed by atoms with Gasteiger partial charge in [-0.25, -0.2) is 4.39 Å². The number of Topliss-reactive ketones (excluding diaryl/α,β-unsaturated/α-hetero) is 1. The molecule has 2 N–H and O–H groups in total. The summed E-state index contributed by atoms with van der Waals surface area (Å²) in [4.78, 5) is 14.2. The smallest absolute Gasteiger partial charge is 0.395 e. The van der Waals surface area contributed by atoms with Crippen LogP contribution >= 0.6 is 0 Å². The van der Waals surface area contributed by atoms with Crippen LogP contribution < -0.4 is 9.47 Å². The Hall–Kier alpha value is -3.04. The van der Waals surface area contributed by atoms with Crippen molar-refractivity contribution in [2.45, 2.75) is 76.0 Å². The summed E-state index contributed by atoms with van der Waals surface area (Å²) in [5, 5.41) is 19.4. The molecule has 1 saturated carbocycles. The second-order valence-electron chi connectivity index (χ2n) is 8.84. The molecule has 0 unspecified atom stereocenters. The van der Waals surface area contributed by atoms with Crippen LogP contribution in [0.3, 0.4) is 0 Å². The van der Waals surface area contributed by atoms with Gasteiger partial charge in [0.05, 0.1) is 42.5 Å². The van der Waals surface area contributed by atoms with Crippen molar-refractivity contribution < 1.29 is 58.2 Å². The van der Waals surface area contributed by atoms with Crippen molar-refractivity contribution in [1.82, 2.24) is 4.57 Å². The fraction of sp³-hybridized carbons (Fsp3) is 0.464. The third-order valence-corrected chi connectivity index (χ3v) is 6.00. The van der Waals surface area contributed by atoms with Gasteiger partial charge < -0.3 is 24.3 Å². The molecule has 37 heavy (non-hydrogen) atoms. The predicted molar refractivity (Wildman–Crippen MR) is 131 cm³/mol. The standard InChI is InChI=1S/C28H30F3NO5/c1-4-26(2,3)24-10-17-9-16(20(29)13-21(17)32(24)14-19(34)15-33)11-25(35)27(7-8-27)18-5-6-22-23(12-18)37-28(30,31)36-22/h5-6,9-10,12-13,19,33-34H,4,7-8,11,14-15H2,1-3H3/t19-/m0/s1/i4D2,5D,6D,7D2,8D2,9D,10D,12D,13D,14D2,19D. The molecule has 9 heteroatoms. The molecule has 1 fully saturated rings. The molecule has 0 radical (unpaired) electrons. The van der Waals surface area contributed by atoms with Gasteiger partial charge in [0.25, 0.3) is 0 Å². The van der Waals surface area contributed by atoms with E-state index in [0.717, 1.165) is 6.92 Å². The van der Waals surface area contributed by atoms with Crippen LogP contribution in [0.15, 0.2) is 36.3 Å². The lowest BCUT2D eigenvalue weighted by Crippen LogP contribution is -2.26. The lowest BCUT2D eigenvalue weighted by molar-refractivity contribution is -0.286. The normalized spacial score (nSPS) is 28.5. The molecule has 2 heterocycles. The second-order valence-corrected chi connectivity index (χ2v) is 8.84. The van der Waals surface area contributed by atoms with Gasteiger partial charge in [0.2, 0.25) is 0 Å². The Balaban J connectivity index is 1.83. The Kier molecular flexibility index (Phi) is 3.12. The first-order valence-electron chi connectivity index (χ1n) is 18.4. The maximum atomic E-state index is 16.4. The number of carbonyl (C=O) groups excluding carboxylic acids is 1. The number of benzene rings is 2. The average molecular weight is 533 g/mol. The van der Waals surface area contributed by atoms with Gasteiger partial charge >= 0.3 is 6.29 Å². The number of ketones is 1. The van der Waals surface area contributed by atoms with Crippen molar-refractivity contribution in [1.29, 1.82) is 0 Å². The van der Waals surface area contributed by atoms with E-state index < -0.39 is 149 Å². The molecule has 0 bridgehead atoms.